The number of methoxy groups -OCH3 is 1. The highest BCUT2D eigenvalue weighted by molar-refractivity contribution is 7.18. The van der Waals surface area contributed by atoms with E-state index in [1.165, 1.54) is 23.5 Å². The largest absolute Gasteiger partial charge is 0.383 e. The maximum absolute atomic E-state index is 13.1. The molecule has 0 fully saturated rings. The van der Waals surface area contributed by atoms with Crippen LogP contribution in [0.15, 0.2) is 30.5 Å². The van der Waals surface area contributed by atoms with Gasteiger partial charge in [0.15, 0.2) is 5.13 Å². The van der Waals surface area contributed by atoms with Crippen molar-refractivity contribution in [2.24, 2.45) is 0 Å². The van der Waals surface area contributed by atoms with E-state index in [1.54, 1.807) is 19.4 Å². The van der Waals surface area contributed by atoms with Crippen molar-refractivity contribution in [2.75, 3.05) is 25.6 Å². The standard InChI is InChI=1S/C12H13FN2OS/c1-16-6-5-14-12-15-8-11(17-12)9-3-2-4-10(13)7-9/h2-4,7-8H,5-6H2,1H3,(H,14,15). The molecule has 1 heterocycles. The van der Waals surface area contributed by atoms with Crippen LogP contribution in [0.25, 0.3) is 10.4 Å². The van der Waals surface area contributed by atoms with Crippen LogP contribution in [-0.4, -0.2) is 25.2 Å². The van der Waals surface area contributed by atoms with Gasteiger partial charge in [-0.05, 0) is 17.7 Å². The van der Waals surface area contributed by atoms with E-state index in [0.29, 0.717) is 13.2 Å². The van der Waals surface area contributed by atoms with E-state index in [1.807, 2.05) is 6.07 Å². The van der Waals surface area contributed by atoms with Crippen LogP contribution < -0.4 is 5.32 Å². The highest BCUT2D eigenvalue weighted by Crippen LogP contribution is 2.28. The molecule has 5 heteroatoms. The Morgan fingerprint density at radius 3 is 3.12 bits per heavy atom. The molecule has 0 amide bonds. The molecule has 0 saturated carbocycles. The van der Waals surface area contributed by atoms with Gasteiger partial charge in [-0.3, -0.25) is 0 Å². The molecule has 0 unspecified atom stereocenters. The summed E-state index contributed by atoms with van der Waals surface area (Å²) in [6.07, 6.45) is 1.74. The minimum absolute atomic E-state index is 0.232. The number of hydrogen-bond donors (Lipinski definition) is 1. The maximum Gasteiger partial charge on any atom is 0.183 e. The highest BCUT2D eigenvalue weighted by atomic mass is 32.1. The number of nitrogens with one attached hydrogen (secondary N) is 1. The van der Waals surface area contributed by atoms with Crippen molar-refractivity contribution in [3.8, 4) is 10.4 Å². The molecule has 90 valence electrons. The van der Waals surface area contributed by atoms with Gasteiger partial charge in [0.1, 0.15) is 5.82 Å². The Morgan fingerprint density at radius 1 is 1.47 bits per heavy atom. The molecule has 1 aromatic carbocycles. The molecule has 1 aromatic heterocycles. The minimum atomic E-state index is -0.232. The van der Waals surface area contributed by atoms with Crippen molar-refractivity contribution < 1.29 is 9.13 Å². The molecule has 0 aliphatic heterocycles. The van der Waals surface area contributed by atoms with Crippen molar-refractivity contribution in [1.29, 1.82) is 0 Å². The van der Waals surface area contributed by atoms with Gasteiger partial charge < -0.3 is 10.1 Å². The summed E-state index contributed by atoms with van der Waals surface area (Å²) in [5.74, 6) is -0.232. The number of hydrogen-bond acceptors (Lipinski definition) is 4. The van der Waals surface area contributed by atoms with E-state index in [2.05, 4.69) is 10.3 Å². The van der Waals surface area contributed by atoms with Crippen molar-refractivity contribution in [3.63, 3.8) is 0 Å². The van der Waals surface area contributed by atoms with Crippen LogP contribution in [0, 0.1) is 5.82 Å². The van der Waals surface area contributed by atoms with Gasteiger partial charge in [-0.1, -0.05) is 23.5 Å². The third-order valence-electron chi connectivity index (χ3n) is 2.20. The molecule has 1 N–H and O–H groups in total. The number of thiazole rings is 1. The Morgan fingerprint density at radius 2 is 2.35 bits per heavy atom. The summed E-state index contributed by atoms with van der Waals surface area (Å²) in [6, 6.07) is 6.51. The zero-order chi connectivity index (χ0) is 12.1. The van der Waals surface area contributed by atoms with Gasteiger partial charge in [0.25, 0.3) is 0 Å². The van der Waals surface area contributed by atoms with Crippen LogP contribution in [0.4, 0.5) is 9.52 Å². The normalized spacial score (nSPS) is 10.5. The Bertz CT molecular complexity index is 487. The molecular weight excluding hydrogens is 239 g/mol. The quantitative estimate of drug-likeness (QED) is 0.831. The molecule has 0 radical (unpaired) electrons. The van der Waals surface area contributed by atoms with E-state index in [0.717, 1.165) is 15.6 Å². The first-order valence-electron chi connectivity index (χ1n) is 5.24. The zero-order valence-electron chi connectivity index (χ0n) is 9.44. The molecule has 0 aliphatic rings. The lowest BCUT2D eigenvalue weighted by Crippen LogP contribution is -2.06. The molecule has 0 bridgehead atoms. The molecule has 0 spiro atoms. The van der Waals surface area contributed by atoms with Crippen LogP contribution in [0.1, 0.15) is 0 Å². The Balaban J connectivity index is 2.07. The predicted octanol–water partition coefficient (Wildman–Crippen LogP) is 3.01. The third-order valence-corrected chi connectivity index (χ3v) is 3.20. The van der Waals surface area contributed by atoms with Crippen LogP contribution in [-0.2, 0) is 4.74 Å². The average Bonchev–Trinajstić information content (AvgIpc) is 2.78. The van der Waals surface area contributed by atoms with E-state index < -0.39 is 0 Å². The first kappa shape index (κ1) is 12.0. The fourth-order valence-electron chi connectivity index (χ4n) is 1.39. The van der Waals surface area contributed by atoms with Crippen molar-refractivity contribution in [2.45, 2.75) is 0 Å². The van der Waals surface area contributed by atoms with Gasteiger partial charge in [0.2, 0.25) is 0 Å². The lowest BCUT2D eigenvalue weighted by Gasteiger charge is -1.99. The van der Waals surface area contributed by atoms with Crippen LogP contribution in [0.3, 0.4) is 0 Å². The molecule has 0 saturated heterocycles. The van der Waals surface area contributed by atoms with E-state index in [9.17, 15) is 4.39 Å². The van der Waals surface area contributed by atoms with E-state index >= 15 is 0 Å². The summed E-state index contributed by atoms with van der Waals surface area (Å²) in [7, 11) is 1.65. The van der Waals surface area contributed by atoms with Crippen LogP contribution in [0.5, 0.6) is 0 Å². The van der Waals surface area contributed by atoms with Gasteiger partial charge in [-0.25, -0.2) is 9.37 Å². The second-order valence-electron chi connectivity index (χ2n) is 3.46. The average molecular weight is 252 g/mol. The number of halogens is 1. The Kier molecular flexibility index (Phi) is 4.06. The summed E-state index contributed by atoms with van der Waals surface area (Å²) in [4.78, 5) is 5.17. The smallest absolute Gasteiger partial charge is 0.183 e. The lowest BCUT2D eigenvalue weighted by atomic mass is 10.2. The van der Waals surface area contributed by atoms with E-state index in [-0.39, 0.29) is 5.82 Å². The SMILES string of the molecule is COCCNc1ncc(-c2cccc(F)c2)s1. The Hall–Kier alpha value is -1.46. The zero-order valence-corrected chi connectivity index (χ0v) is 10.3. The number of rotatable bonds is 5. The molecule has 17 heavy (non-hydrogen) atoms. The second kappa shape index (κ2) is 5.75. The number of anilines is 1. The number of benzene rings is 1. The molecule has 0 atom stereocenters. The van der Waals surface area contributed by atoms with Gasteiger partial charge in [0.05, 0.1) is 11.5 Å². The highest BCUT2D eigenvalue weighted by Gasteiger charge is 2.04. The fourth-order valence-corrected chi connectivity index (χ4v) is 2.23. The van der Waals surface area contributed by atoms with Gasteiger partial charge in [-0.15, -0.1) is 0 Å². The maximum atomic E-state index is 13.1. The minimum Gasteiger partial charge on any atom is -0.383 e. The first-order valence-corrected chi connectivity index (χ1v) is 6.06. The number of aromatic nitrogens is 1. The monoisotopic (exact) mass is 252 g/mol. The summed E-state index contributed by atoms with van der Waals surface area (Å²) in [6.45, 7) is 1.35. The van der Waals surface area contributed by atoms with Gasteiger partial charge >= 0.3 is 0 Å². The van der Waals surface area contributed by atoms with Crippen LogP contribution >= 0.6 is 11.3 Å². The van der Waals surface area contributed by atoms with Gasteiger partial charge in [-0.2, -0.15) is 0 Å². The summed E-state index contributed by atoms with van der Waals surface area (Å²) < 4.78 is 18.0. The molecule has 0 aliphatic carbocycles. The lowest BCUT2D eigenvalue weighted by molar-refractivity contribution is 0.211. The third kappa shape index (κ3) is 3.25. The van der Waals surface area contributed by atoms with Crippen LogP contribution in [0.2, 0.25) is 0 Å². The number of ether oxygens (including phenoxy) is 1. The predicted molar refractivity (Wildman–Crippen MR) is 67.9 cm³/mol. The summed E-state index contributed by atoms with van der Waals surface area (Å²) >= 11 is 1.50. The summed E-state index contributed by atoms with van der Waals surface area (Å²) in [5.41, 5.74) is 0.849. The first-order chi connectivity index (χ1) is 8.29. The van der Waals surface area contributed by atoms with Crippen molar-refractivity contribution in [1.82, 2.24) is 4.98 Å². The molecule has 3 nitrogen and oxygen atoms in total. The summed E-state index contributed by atoms with van der Waals surface area (Å²) in [5, 5.41) is 3.96. The second-order valence-corrected chi connectivity index (χ2v) is 4.49. The number of nitrogens with zero attached hydrogens (tertiary/aromatic N) is 1. The Labute approximate surface area is 103 Å². The van der Waals surface area contributed by atoms with Gasteiger partial charge in [0, 0.05) is 19.9 Å². The van der Waals surface area contributed by atoms with Crippen molar-refractivity contribution >= 4 is 16.5 Å². The van der Waals surface area contributed by atoms with E-state index in [4.69, 9.17) is 4.74 Å². The molecule has 2 aromatic rings. The van der Waals surface area contributed by atoms with Crippen molar-refractivity contribution in [3.05, 3.63) is 36.3 Å². The topological polar surface area (TPSA) is 34.1 Å². The molecular formula is C12H13FN2OS. The molecule has 2 rings (SSSR count). The fraction of sp³-hybridized carbons (Fsp3) is 0.250.